The largest absolute Gasteiger partial charge is 0.392 e. The molecule has 1 heterocycles. The molecule has 7 amide bonds. The van der Waals surface area contributed by atoms with E-state index in [0.717, 1.165) is 4.90 Å². The van der Waals surface area contributed by atoms with Crippen molar-refractivity contribution in [1.82, 2.24) is 20.9 Å². The quantitative estimate of drug-likeness (QED) is 0.0378. The number of aliphatic hydroxyl groups is 1. The molecule has 22 nitrogen and oxygen atoms in total. The normalized spacial score (nSPS) is 13.2. The molecule has 0 radical (unpaired) electrons. The molecular weight excluding hydrogens is 881 g/mol. The van der Waals surface area contributed by atoms with E-state index in [4.69, 9.17) is 43.6 Å². The fourth-order valence-corrected chi connectivity index (χ4v) is 6.08. The number of benzene rings is 1. The molecule has 378 valence electrons. The van der Waals surface area contributed by atoms with Crippen molar-refractivity contribution in [3.63, 3.8) is 0 Å². The number of Topliss-reactive ketones (excluding diaryl/α,β-unsaturated/α-hetero) is 1. The maximum Gasteiger partial charge on any atom is 0.312 e. The first kappa shape index (κ1) is 58.2. The minimum absolute atomic E-state index is 0.0325. The number of amides is 7. The highest BCUT2D eigenvalue weighted by molar-refractivity contribution is 6.13. The van der Waals surface area contributed by atoms with Crippen molar-refractivity contribution in [3.8, 4) is 0 Å². The molecule has 1 aliphatic heterocycles. The molecule has 0 fully saturated rings. The first-order valence-corrected chi connectivity index (χ1v) is 22.7. The van der Waals surface area contributed by atoms with Crippen molar-refractivity contribution in [2.45, 2.75) is 58.6 Å². The van der Waals surface area contributed by atoms with E-state index >= 15 is 0 Å². The van der Waals surface area contributed by atoms with E-state index in [0.29, 0.717) is 123 Å². The van der Waals surface area contributed by atoms with Crippen LogP contribution >= 0.6 is 0 Å². The lowest BCUT2D eigenvalue weighted by molar-refractivity contribution is -0.137. The molecule has 0 aliphatic carbocycles. The van der Waals surface area contributed by atoms with Crippen LogP contribution in [0.15, 0.2) is 36.4 Å². The van der Waals surface area contributed by atoms with E-state index in [9.17, 15) is 38.7 Å². The molecule has 2 atom stereocenters. The van der Waals surface area contributed by atoms with Crippen molar-refractivity contribution in [3.05, 3.63) is 42.0 Å². The number of hydrogen-bond acceptors (Lipinski definition) is 16. The summed E-state index contributed by atoms with van der Waals surface area (Å²) in [4.78, 5) is 86.4. The van der Waals surface area contributed by atoms with Gasteiger partial charge in [0.1, 0.15) is 0 Å². The van der Waals surface area contributed by atoms with Gasteiger partial charge in [0.25, 0.3) is 11.8 Å². The van der Waals surface area contributed by atoms with Gasteiger partial charge in [0.15, 0.2) is 5.78 Å². The maximum absolute atomic E-state index is 13.4. The highest BCUT2D eigenvalue weighted by atomic mass is 16.6. The van der Waals surface area contributed by atoms with Gasteiger partial charge < -0.3 is 70.0 Å². The number of nitrogens with one attached hydrogen (secondary N) is 4. The molecule has 22 heteroatoms. The molecule has 0 saturated heterocycles. The van der Waals surface area contributed by atoms with Crippen molar-refractivity contribution in [2.75, 3.05) is 131 Å². The molecule has 2 rings (SSSR count). The Labute approximate surface area is 392 Å². The fraction of sp³-hybridized carbons (Fsp3) is 0.667. The van der Waals surface area contributed by atoms with E-state index in [1.165, 1.54) is 12.2 Å². The van der Waals surface area contributed by atoms with E-state index in [1.807, 2.05) is 13.8 Å². The van der Waals surface area contributed by atoms with Gasteiger partial charge in [-0.3, -0.25) is 33.7 Å². The summed E-state index contributed by atoms with van der Waals surface area (Å²) in [6.45, 7) is 9.83. The Morgan fingerprint density at radius 3 is 1.57 bits per heavy atom. The van der Waals surface area contributed by atoms with Crippen molar-refractivity contribution >= 4 is 47.0 Å². The predicted molar refractivity (Wildman–Crippen MR) is 242 cm³/mol. The number of anilines is 1. The third kappa shape index (κ3) is 28.8. The molecule has 0 bridgehead atoms. The second kappa shape index (κ2) is 37.1. The van der Waals surface area contributed by atoms with E-state index in [-0.39, 0.29) is 81.6 Å². The van der Waals surface area contributed by atoms with Gasteiger partial charge in [0, 0.05) is 62.7 Å². The Morgan fingerprint density at radius 2 is 1.10 bits per heavy atom. The molecule has 1 aromatic rings. The lowest BCUT2D eigenvalue weighted by atomic mass is 9.89. The zero-order chi connectivity index (χ0) is 48.9. The zero-order valence-electron chi connectivity index (χ0n) is 39.0. The van der Waals surface area contributed by atoms with Crippen LogP contribution in [0.2, 0.25) is 0 Å². The van der Waals surface area contributed by atoms with Crippen molar-refractivity contribution < 1.29 is 76.6 Å². The van der Waals surface area contributed by atoms with Crippen LogP contribution in [0.25, 0.3) is 0 Å². The summed E-state index contributed by atoms with van der Waals surface area (Å²) in [5.74, 6) is -3.08. The summed E-state index contributed by atoms with van der Waals surface area (Å²) in [5, 5.41) is 20.1. The third-order valence-electron chi connectivity index (χ3n) is 9.69. The summed E-state index contributed by atoms with van der Waals surface area (Å²) >= 11 is 0. The highest BCUT2D eigenvalue weighted by Crippen LogP contribution is 2.19. The van der Waals surface area contributed by atoms with Gasteiger partial charge in [-0.05, 0) is 36.5 Å². The van der Waals surface area contributed by atoms with Gasteiger partial charge in [0.2, 0.25) is 17.7 Å². The summed E-state index contributed by atoms with van der Waals surface area (Å²) in [7, 11) is 0. The zero-order valence-corrected chi connectivity index (χ0v) is 39.0. The van der Waals surface area contributed by atoms with E-state index in [1.54, 1.807) is 24.3 Å². The molecule has 0 saturated carbocycles. The van der Waals surface area contributed by atoms with Crippen molar-refractivity contribution in [2.24, 2.45) is 17.6 Å². The number of hydrogen-bond donors (Lipinski definition) is 6. The number of rotatable bonds is 42. The predicted octanol–water partition coefficient (Wildman–Crippen LogP) is 0.236. The SMILES string of the molecule is CC(C)[C@H](NC(=O)CCOCCOCCOCCOCCOCCOCCOCCOCCNC(=O)CCN1C(=O)C=CC1=O)C(=O)C[C@@H](CCCNC(N)=O)C(=O)Nc1ccc(CO)cc1. The maximum atomic E-state index is 13.4. The second-order valence-corrected chi connectivity index (χ2v) is 15.3. The van der Waals surface area contributed by atoms with Crippen LogP contribution in [-0.2, 0) is 73.3 Å². The van der Waals surface area contributed by atoms with Crippen LogP contribution in [-0.4, -0.2) is 183 Å². The van der Waals surface area contributed by atoms with Gasteiger partial charge in [-0.25, -0.2) is 4.79 Å². The number of aliphatic hydroxyl groups excluding tert-OH is 1. The summed E-state index contributed by atoms with van der Waals surface area (Å²) in [6.07, 6.45) is 3.01. The van der Waals surface area contributed by atoms with Crippen LogP contribution in [0.4, 0.5) is 10.5 Å². The van der Waals surface area contributed by atoms with Gasteiger partial charge in [-0.2, -0.15) is 0 Å². The number of nitrogens with two attached hydrogens (primary N) is 1. The first-order valence-electron chi connectivity index (χ1n) is 22.7. The number of nitrogens with zero attached hydrogens (tertiary/aromatic N) is 1. The Balaban J connectivity index is 1.39. The van der Waals surface area contributed by atoms with Gasteiger partial charge >= 0.3 is 6.03 Å². The smallest absolute Gasteiger partial charge is 0.312 e. The minimum Gasteiger partial charge on any atom is -0.392 e. The van der Waals surface area contributed by atoms with Crippen LogP contribution in [0, 0.1) is 11.8 Å². The number of ether oxygens (including phenoxy) is 8. The summed E-state index contributed by atoms with van der Waals surface area (Å²) in [6, 6.07) is 5.18. The van der Waals surface area contributed by atoms with Gasteiger partial charge in [-0.15, -0.1) is 0 Å². The fourth-order valence-electron chi connectivity index (χ4n) is 6.08. The second-order valence-electron chi connectivity index (χ2n) is 15.3. The third-order valence-corrected chi connectivity index (χ3v) is 9.69. The summed E-state index contributed by atoms with van der Waals surface area (Å²) < 4.78 is 43.8. The number of carbonyl (C=O) groups excluding carboxylic acids is 7. The molecule has 67 heavy (non-hydrogen) atoms. The van der Waals surface area contributed by atoms with E-state index < -0.39 is 29.8 Å². The minimum atomic E-state index is -0.814. The number of urea groups is 1. The lowest BCUT2D eigenvalue weighted by Crippen LogP contribution is -2.45. The molecule has 0 unspecified atom stereocenters. The van der Waals surface area contributed by atoms with Crippen molar-refractivity contribution in [1.29, 1.82) is 0 Å². The summed E-state index contributed by atoms with van der Waals surface area (Å²) in [5.41, 5.74) is 6.35. The van der Waals surface area contributed by atoms with Crippen LogP contribution < -0.4 is 27.0 Å². The molecule has 1 aliphatic rings. The lowest BCUT2D eigenvalue weighted by Gasteiger charge is -2.24. The molecule has 0 aromatic heterocycles. The molecule has 0 spiro atoms. The molecular formula is C45H72N6O16. The Morgan fingerprint density at radius 1 is 0.627 bits per heavy atom. The number of primary amides is 1. The number of carbonyl (C=O) groups is 7. The topological polar surface area (TPSA) is 291 Å². The van der Waals surface area contributed by atoms with Gasteiger partial charge in [0.05, 0.1) is 118 Å². The first-order chi connectivity index (χ1) is 32.4. The molecule has 1 aromatic carbocycles. The van der Waals surface area contributed by atoms with Crippen LogP contribution in [0.3, 0.4) is 0 Å². The standard InChI is InChI=1S/C45H72N6O16/c1-34(2)43(38(53)32-36(4-3-13-48-45(46)59)44(58)49-37-7-5-35(33-52)6-8-37)50-40(55)12-16-60-18-20-62-22-24-64-26-28-66-30-31-67-29-27-65-25-23-63-21-19-61-17-14-47-39(54)11-15-51-41(56)9-10-42(51)57/h5-10,34,36,43,52H,3-4,11-33H2,1-2H3,(H,47,54)(H,49,58)(H,50,55)(H3,46,48,59)/t36-,43+/m1/s1. The average molecular weight is 953 g/mol. The Hall–Kier alpha value is -4.91. The van der Waals surface area contributed by atoms with Crippen LogP contribution in [0.1, 0.15) is 51.5 Å². The highest BCUT2D eigenvalue weighted by Gasteiger charge is 2.29. The Kier molecular flexibility index (Phi) is 32.3. The molecule has 7 N–H and O–H groups in total. The van der Waals surface area contributed by atoms with Crippen LogP contribution in [0.5, 0.6) is 0 Å². The van der Waals surface area contributed by atoms with E-state index in [2.05, 4.69) is 21.3 Å². The number of ketones is 1. The number of imide groups is 1. The Bertz CT molecular complexity index is 1610. The average Bonchev–Trinajstić information content (AvgIpc) is 3.63. The monoisotopic (exact) mass is 953 g/mol. The van der Waals surface area contributed by atoms with Gasteiger partial charge in [-0.1, -0.05) is 26.0 Å².